The molecule has 0 saturated carbocycles. The number of thioether (sulfide) groups is 1. The number of allylic oxidation sites excluding steroid dienone is 1. The number of aliphatic hydroxyl groups excluding tert-OH is 1. The number of ketones is 1. The molecule has 10 aromatic rings. The quantitative estimate of drug-likeness (QED) is 0.0313. The number of methoxy groups -OCH3 is 2. The molecule has 0 saturated heterocycles. The second-order valence-corrected chi connectivity index (χ2v) is 20.6. The molecule has 3 atom stereocenters. The van der Waals surface area contributed by atoms with Gasteiger partial charge in [0, 0.05) is 79.5 Å². The largest absolute Gasteiger partial charge is 0.388 e. The summed E-state index contributed by atoms with van der Waals surface area (Å²) in [5, 5.41) is 16.9. The van der Waals surface area contributed by atoms with Crippen molar-refractivity contribution in [1.82, 2.24) is 48.8 Å². The van der Waals surface area contributed by atoms with Gasteiger partial charge in [0.05, 0.1) is 70.4 Å². The van der Waals surface area contributed by atoms with Crippen LogP contribution in [0.3, 0.4) is 0 Å². The molecule has 18 nitrogen and oxygen atoms in total. The number of nitrogens with one attached hydrogen (secondary N) is 1. The summed E-state index contributed by atoms with van der Waals surface area (Å²) in [6.07, 6.45) is 6.11. The highest BCUT2D eigenvalue weighted by atomic mass is 35.5. The number of aliphatic hydroxyl groups is 1. The third kappa shape index (κ3) is 14.4. The van der Waals surface area contributed by atoms with E-state index < -0.39 is 6.10 Å². The minimum absolute atomic E-state index is 0.0109. The van der Waals surface area contributed by atoms with Crippen molar-refractivity contribution in [2.24, 2.45) is 0 Å². The van der Waals surface area contributed by atoms with Gasteiger partial charge in [-0.05, 0) is 93.4 Å². The van der Waals surface area contributed by atoms with E-state index in [1.807, 2.05) is 119 Å². The minimum atomic E-state index is -0.553. The van der Waals surface area contributed by atoms with Crippen molar-refractivity contribution in [3.8, 4) is 11.4 Å². The third-order valence-corrected chi connectivity index (χ3v) is 14.6. The zero-order valence-electron chi connectivity index (χ0n) is 45.9. The van der Waals surface area contributed by atoms with Crippen LogP contribution in [0.1, 0.15) is 83.2 Å². The predicted molar refractivity (Wildman–Crippen MR) is 316 cm³/mol. The Kier molecular flexibility index (Phi) is 20.2. The normalized spacial score (nSPS) is 12.3. The number of halogens is 1. The number of aromatic amines is 1. The highest BCUT2D eigenvalue weighted by Gasteiger charge is 2.22. The fourth-order valence-electron chi connectivity index (χ4n) is 9.22. The molecule has 0 amide bonds. The van der Waals surface area contributed by atoms with Crippen LogP contribution >= 0.6 is 23.4 Å². The van der Waals surface area contributed by atoms with Crippen LogP contribution in [0.25, 0.3) is 44.1 Å². The predicted octanol–water partition coefficient (Wildman–Crippen LogP) is 10.3. The number of Topliss-reactive ketones (excluding diaryl/α,β-unsaturated/α-hetero) is 1. The van der Waals surface area contributed by atoms with E-state index in [0.717, 1.165) is 22.5 Å². The maximum absolute atomic E-state index is 13.1. The average molecular weight is 1130 g/mol. The second-order valence-electron chi connectivity index (χ2n) is 19.2. The van der Waals surface area contributed by atoms with Gasteiger partial charge in [0.1, 0.15) is 11.6 Å². The Labute approximate surface area is 476 Å². The van der Waals surface area contributed by atoms with Gasteiger partial charge in [-0.1, -0.05) is 96.1 Å². The molecule has 0 aliphatic heterocycles. The molecule has 0 fully saturated rings. The van der Waals surface area contributed by atoms with Gasteiger partial charge >= 0.3 is 0 Å². The first kappa shape index (κ1) is 58.9. The average Bonchev–Trinajstić information content (AvgIpc) is 4.10. The molecular formula is C61H63ClN10O8S. The number of para-hydroxylation sites is 2. The number of aryl methyl sites for hydroxylation is 2. The van der Waals surface area contributed by atoms with Crippen molar-refractivity contribution in [1.29, 1.82) is 0 Å². The molecule has 20 heteroatoms. The lowest BCUT2D eigenvalue weighted by Crippen LogP contribution is -2.28. The Bertz CT molecular complexity index is 3980. The maximum Gasteiger partial charge on any atom is 0.262 e. The molecule has 6 heterocycles. The molecule has 2 N–H and O–H groups in total. The van der Waals surface area contributed by atoms with Gasteiger partial charge in [-0.2, -0.15) is 4.98 Å². The molecule has 0 spiro atoms. The number of aromatic nitrogens is 10. The fraction of sp³-hybridized carbons (Fsp3) is 0.279. The van der Waals surface area contributed by atoms with Crippen LogP contribution in [0.2, 0.25) is 5.02 Å². The minimum Gasteiger partial charge on any atom is -0.388 e. The van der Waals surface area contributed by atoms with E-state index in [0.29, 0.717) is 117 Å². The van der Waals surface area contributed by atoms with Gasteiger partial charge in [0.15, 0.2) is 10.9 Å². The van der Waals surface area contributed by atoms with Crippen LogP contribution in [0.15, 0.2) is 164 Å². The number of fused-ring (bicyclic) bond motifs is 3. The van der Waals surface area contributed by atoms with Crippen LogP contribution in [0, 0.1) is 13.8 Å². The number of carbonyl (C=O) groups is 1. The Morgan fingerprint density at radius 2 is 1.54 bits per heavy atom. The molecule has 3 unspecified atom stereocenters. The van der Waals surface area contributed by atoms with Crippen LogP contribution < -0.4 is 16.7 Å². The monoisotopic (exact) mass is 1130 g/mol. The van der Waals surface area contributed by atoms with Gasteiger partial charge in [-0.3, -0.25) is 33.3 Å². The smallest absolute Gasteiger partial charge is 0.262 e. The number of ether oxygens (including phenoxy) is 2. The summed E-state index contributed by atoms with van der Waals surface area (Å²) >= 11 is 7.39. The first-order valence-electron chi connectivity index (χ1n) is 26.3. The molecule has 10 rings (SSSR count). The summed E-state index contributed by atoms with van der Waals surface area (Å²) < 4.78 is 21.2. The Morgan fingerprint density at radius 3 is 2.26 bits per heavy atom. The molecular weight excluding hydrogens is 1070 g/mol. The Hall–Kier alpha value is -8.20. The van der Waals surface area contributed by atoms with Crippen molar-refractivity contribution in [3.63, 3.8) is 0 Å². The van der Waals surface area contributed by atoms with Crippen molar-refractivity contribution in [3.05, 3.63) is 216 Å². The van der Waals surface area contributed by atoms with Crippen molar-refractivity contribution in [2.75, 3.05) is 33.2 Å². The highest BCUT2D eigenvalue weighted by molar-refractivity contribution is 7.99. The molecule has 418 valence electrons. The van der Waals surface area contributed by atoms with Crippen molar-refractivity contribution >= 4 is 61.9 Å². The number of benzene rings is 4. The van der Waals surface area contributed by atoms with Crippen LogP contribution in [0.5, 0.6) is 0 Å². The number of hydrogen-bond acceptors (Lipinski definition) is 15. The van der Waals surface area contributed by atoms with Gasteiger partial charge in [-0.25, -0.2) is 15.0 Å². The van der Waals surface area contributed by atoms with Crippen LogP contribution in [-0.4, -0.2) is 92.8 Å². The number of rotatable bonds is 20. The molecule has 81 heavy (non-hydrogen) atoms. The van der Waals surface area contributed by atoms with Gasteiger partial charge in [0.2, 0.25) is 11.7 Å². The summed E-state index contributed by atoms with van der Waals surface area (Å²) in [6.45, 7) is 13.4. The lowest BCUT2D eigenvalue weighted by molar-refractivity contribution is 0.102. The Balaban J connectivity index is 0.000000162. The van der Waals surface area contributed by atoms with E-state index in [-0.39, 0.29) is 40.2 Å². The standard InChI is InChI=1S/C23H27N3O3S.C21H20ClN5O3.C17H16N2O2/c1-6-11-25-15(2)12-19(17(25)4)21(27)14-30-23-24-20-10-8-7-9-18(20)22(28)26(23)16(3)13-29-5;1-13(20-25-19(26-30-20)14-4-3-7-23-12-14)10-18-24-17-11-15(22)5-6-16(17)21(28)27(18)8-9-29-2;20-15(12-6-2-1-3-7-12)10-11-16-18-14-9-5-4-8-13(14)17(21)19-16/h6-10,12,16H,1,11,13-14H2,2-5H3;3-7,11-13H,8-10H2,1-2H3;1-9,15,20H,10-11H2,(H,18,19,21). The summed E-state index contributed by atoms with van der Waals surface area (Å²) in [5.41, 5.74) is 5.78. The number of pyridine rings is 1. The van der Waals surface area contributed by atoms with E-state index in [1.54, 1.807) is 66.1 Å². The van der Waals surface area contributed by atoms with E-state index >= 15 is 0 Å². The fourth-order valence-corrected chi connectivity index (χ4v) is 10.4. The number of H-pyrrole nitrogens is 1. The maximum atomic E-state index is 13.1. The van der Waals surface area contributed by atoms with Crippen LogP contribution in [-0.2, 0) is 35.4 Å². The molecule has 6 aromatic heterocycles. The lowest BCUT2D eigenvalue weighted by Gasteiger charge is -2.18. The van der Waals surface area contributed by atoms with Gasteiger partial charge < -0.3 is 28.7 Å². The molecule has 0 aliphatic rings. The molecule has 0 aliphatic carbocycles. The van der Waals surface area contributed by atoms with Crippen LogP contribution in [0.4, 0.5) is 0 Å². The van der Waals surface area contributed by atoms with E-state index in [1.165, 1.54) is 11.8 Å². The van der Waals surface area contributed by atoms with Gasteiger partial charge in [0.25, 0.3) is 16.7 Å². The summed E-state index contributed by atoms with van der Waals surface area (Å²) in [6, 6.07) is 34.5. The topological polar surface area (TPSA) is 228 Å². The lowest BCUT2D eigenvalue weighted by atomic mass is 10.0. The third-order valence-electron chi connectivity index (χ3n) is 13.4. The molecule has 4 aromatic carbocycles. The van der Waals surface area contributed by atoms with Gasteiger partial charge in [-0.15, -0.1) is 6.58 Å². The number of hydrogen-bond donors (Lipinski definition) is 2. The Morgan fingerprint density at radius 1 is 0.827 bits per heavy atom. The SMILES string of the molecule is C=CCn1c(C)cc(C(=O)CSc2nc3ccccc3c(=O)n2C(C)COC)c1C.COCCn1c(CC(C)c2nc(-c3cccnc3)no2)nc2cc(Cl)ccc2c1=O.O=c1[nH]c(CCC(O)c2ccccc2)nc2ccccc12. The number of nitrogens with zero attached hydrogens (tertiary/aromatic N) is 9. The summed E-state index contributed by atoms with van der Waals surface area (Å²) in [7, 11) is 3.20. The van der Waals surface area contributed by atoms with Crippen molar-refractivity contribution < 1.29 is 23.9 Å². The van der Waals surface area contributed by atoms with E-state index in [4.69, 9.17) is 30.6 Å². The zero-order chi connectivity index (χ0) is 57.6. The van der Waals surface area contributed by atoms with Crippen molar-refractivity contribution in [2.45, 2.75) is 83.3 Å². The first-order chi connectivity index (χ1) is 39.2. The van der Waals surface area contributed by atoms with E-state index in [9.17, 15) is 24.3 Å². The molecule has 0 radical (unpaired) electrons. The first-order valence-corrected chi connectivity index (χ1v) is 27.6. The van der Waals surface area contributed by atoms with E-state index in [2.05, 4.69) is 41.2 Å². The highest BCUT2D eigenvalue weighted by Crippen LogP contribution is 2.26. The summed E-state index contributed by atoms with van der Waals surface area (Å²) in [4.78, 5) is 76.2. The number of carbonyl (C=O) groups excluding carboxylic acids is 1. The summed E-state index contributed by atoms with van der Waals surface area (Å²) in [5.74, 6) is 2.21. The second kappa shape index (κ2) is 27.8. The zero-order valence-corrected chi connectivity index (χ0v) is 47.5. The molecule has 0 bridgehead atoms.